The van der Waals surface area contributed by atoms with Crippen LogP contribution in [0.1, 0.15) is 17.3 Å². The minimum absolute atomic E-state index is 0.0326. The van der Waals surface area contributed by atoms with E-state index in [-0.39, 0.29) is 6.04 Å². The minimum Gasteiger partial charge on any atom is -0.271 e. The Balaban J connectivity index is 2.01. The maximum absolute atomic E-state index is 5.79. The third kappa shape index (κ3) is 2.72. The summed E-state index contributed by atoms with van der Waals surface area (Å²) in [7, 11) is 1.96. The van der Waals surface area contributed by atoms with Crippen molar-refractivity contribution in [3.63, 3.8) is 0 Å². The molecule has 0 aliphatic rings. The lowest BCUT2D eigenvalue weighted by atomic mass is 10.0. The number of hydrogen-bond donors (Lipinski definition) is 2. The van der Waals surface area contributed by atoms with E-state index >= 15 is 0 Å². The van der Waals surface area contributed by atoms with Crippen LogP contribution in [0.4, 0.5) is 0 Å². The van der Waals surface area contributed by atoms with Gasteiger partial charge in [0.05, 0.1) is 17.3 Å². The van der Waals surface area contributed by atoms with Gasteiger partial charge in [0.1, 0.15) is 0 Å². The van der Waals surface area contributed by atoms with Crippen molar-refractivity contribution in [2.24, 2.45) is 12.9 Å². The highest BCUT2D eigenvalue weighted by Crippen LogP contribution is 2.27. The van der Waals surface area contributed by atoms with Crippen molar-refractivity contribution in [1.82, 2.24) is 15.2 Å². The van der Waals surface area contributed by atoms with Crippen molar-refractivity contribution in [3.8, 4) is 0 Å². The number of hydrogen-bond acceptors (Lipinski definition) is 3. The van der Waals surface area contributed by atoms with Crippen molar-refractivity contribution < 1.29 is 0 Å². The van der Waals surface area contributed by atoms with Crippen molar-refractivity contribution in [1.29, 1.82) is 0 Å². The minimum atomic E-state index is -0.0326. The van der Waals surface area contributed by atoms with Crippen LogP contribution < -0.4 is 11.3 Å². The number of para-hydroxylation sites is 1. The molecule has 1 atom stereocenters. The van der Waals surface area contributed by atoms with Gasteiger partial charge in [-0.3, -0.25) is 16.0 Å². The number of aryl methyl sites for hydroxylation is 1. The van der Waals surface area contributed by atoms with Gasteiger partial charge in [-0.25, -0.2) is 0 Å². The third-order valence-electron chi connectivity index (χ3n) is 3.70. The van der Waals surface area contributed by atoms with Gasteiger partial charge in [0, 0.05) is 16.9 Å². The number of aromatic nitrogens is 2. The Bertz CT molecular complexity index is 766. The fraction of sp³-hybridized carbons (Fsp3) is 0.188. The lowest BCUT2D eigenvalue weighted by molar-refractivity contribution is 0.532. The van der Waals surface area contributed by atoms with Gasteiger partial charge in [-0.1, -0.05) is 52.3 Å². The van der Waals surface area contributed by atoms with Crippen molar-refractivity contribution in [2.45, 2.75) is 12.5 Å². The number of nitrogens with zero attached hydrogens (tertiary/aromatic N) is 2. The van der Waals surface area contributed by atoms with E-state index in [1.807, 2.05) is 42.1 Å². The van der Waals surface area contributed by atoms with Crippen molar-refractivity contribution in [2.75, 3.05) is 0 Å². The molecule has 3 aromatic rings. The van der Waals surface area contributed by atoms with E-state index in [2.05, 4.69) is 44.7 Å². The van der Waals surface area contributed by atoms with Gasteiger partial charge in [-0.15, -0.1) is 0 Å². The zero-order valence-corrected chi connectivity index (χ0v) is 13.3. The number of fused-ring (bicyclic) bond motifs is 1. The van der Waals surface area contributed by atoms with Crippen molar-refractivity contribution >= 4 is 26.8 Å². The van der Waals surface area contributed by atoms with Crippen molar-refractivity contribution in [3.05, 3.63) is 64.3 Å². The number of nitrogens with two attached hydrogens (primary N) is 1. The molecule has 1 aromatic heterocycles. The molecule has 108 valence electrons. The van der Waals surface area contributed by atoms with Gasteiger partial charge >= 0.3 is 0 Å². The van der Waals surface area contributed by atoms with Gasteiger partial charge in [0.2, 0.25) is 0 Å². The molecular formula is C16H17BrN4. The molecule has 3 N–H and O–H groups in total. The predicted octanol–water partition coefficient (Wildman–Crippen LogP) is 3.08. The van der Waals surface area contributed by atoms with Crippen LogP contribution in [0, 0.1) is 0 Å². The maximum Gasteiger partial charge on any atom is 0.0889 e. The second kappa shape index (κ2) is 5.97. The molecule has 21 heavy (non-hydrogen) atoms. The van der Waals surface area contributed by atoms with Crippen LogP contribution in [0.2, 0.25) is 0 Å². The van der Waals surface area contributed by atoms with Crippen LogP contribution >= 0.6 is 15.9 Å². The molecule has 0 saturated carbocycles. The highest BCUT2D eigenvalue weighted by atomic mass is 79.9. The average Bonchev–Trinajstić information content (AvgIpc) is 2.84. The molecule has 0 fully saturated rings. The van der Waals surface area contributed by atoms with E-state index < -0.39 is 0 Å². The van der Waals surface area contributed by atoms with Crippen LogP contribution in [0.15, 0.2) is 53.0 Å². The summed E-state index contributed by atoms with van der Waals surface area (Å²) < 4.78 is 2.99. The number of hydrazine groups is 1. The molecule has 4 nitrogen and oxygen atoms in total. The Morgan fingerprint density at radius 1 is 1.19 bits per heavy atom. The lowest BCUT2D eigenvalue weighted by Gasteiger charge is -2.15. The average molecular weight is 345 g/mol. The van der Waals surface area contributed by atoms with E-state index in [0.29, 0.717) is 0 Å². The summed E-state index contributed by atoms with van der Waals surface area (Å²) in [6, 6.07) is 16.3. The maximum atomic E-state index is 5.79. The Hall–Kier alpha value is -1.69. The molecule has 3 rings (SSSR count). The smallest absolute Gasteiger partial charge is 0.0889 e. The normalized spacial score (nSPS) is 12.7. The molecular weight excluding hydrogens is 328 g/mol. The molecule has 5 heteroatoms. The molecule has 1 unspecified atom stereocenters. The molecule has 1 heterocycles. The SMILES string of the molecule is Cn1nc(C(Cc2ccccc2Br)NN)c2ccccc21. The highest BCUT2D eigenvalue weighted by molar-refractivity contribution is 9.10. The van der Waals surface area contributed by atoms with E-state index in [1.165, 1.54) is 5.56 Å². The summed E-state index contributed by atoms with van der Waals surface area (Å²) in [6.07, 6.45) is 0.777. The number of rotatable bonds is 4. The zero-order chi connectivity index (χ0) is 14.8. The lowest BCUT2D eigenvalue weighted by Crippen LogP contribution is -2.30. The first-order chi connectivity index (χ1) is 10.2. The monoisotopic (exact) mass is 344 g/mol. The first-order valence-corrected chi connectivity index (χ1v) is 7.61. The van der Waals surface area contributed by atoms with E-state index in [0.717, 1.165) is 27.5 Å². The van der Waals surface area contributed by atoms with Gasteiger partial charge < -0.3 is 0 Å². The largest absolute Gasteiger partial charge is 0.271 e. The Morgan fingerprint density at radius 3 is 2.67 bits per heavy atom. The standard InChI is InChI=1S/C16H17BrN4/c1-21-15-9-5-3-7-12(15)16(20-21)14(19-18)10-11-6-2-4-8-13(11)17/h2-9,14,19H,10,18H2,1H3. The number of benzene rings is 2. The molecule has 0 aliphatic heterocycles. The molecule has 0 aliphatic carbocycles. The highest BCUT2D eigenvalue weighted by Gasteiger charge is 2.19. The summed E-state index contributed by atoms with van der Waals surface area (Å²) in [5.74, 6) is 5.79. The molecule has 2 aromatic carbocycles. The molecule has 0 saturated heterocycles. The summed E-state index contributed by atoms with van der Waals surface area (Å²) in [4.78, 5) is 0. The number of halogens is 1. The van der Waals surface area contributed by atoms with Crippen LogP contribution in [0.25, 0.3) is 10.9 Å². The Kier molecular flexibility index (Phi) is 4.05. The summed E-state index contributed by atoms with van der Waals surface area (Å²) in [5.41, 5.74) is 6.20. The van der Waals surface area contributed by atoms with E-state index in [1.54, 1.807) is 0 Å². The molecule has 0 spiro atoms. The van der Waals surface area contributed by atoms with Gasteiger partial charge in [-0.05, 0) is 24.1 Å². The first kappa shape index (κ1) is 14.3. The van der Waals surface area contributed by atoms with Crippen LogP contribution in [0.5, 0.6) is 0 Å². The fourth-order valence-electron chi connectivity index (χ4n) is 2.62. The fourth-order valence-corrected chi connectivity index (χ4v) is 3.06. The summed E-state index contributed by atoms with van der Waals surface area (Å²) in [5, 5.41) is 5.78. The summed E-state index contributed by atoms with van der Waals surface area (Å²) in [6.45, 7) is 0. The predicted molar refractivity (Wildman–Crippen MR) is 88.6 cm³/mol. The molecule has 0 bridgehead atoms. The first-order valence-electron chi connectivity index (χ1n) is 6.82. The Morgan fingerprint density at radius 2 is 1.90 bits per heavy atom. The van der Waals surface area contributed by atoms with Gasteiger partial charge in [0.15, 0.2) is 0 Å². The number of nitrogens with one attached hydrogen (secondary N) is 1. The second-order valence-electron chi connectivity index (χ2n) is 5.04. The van der Waals surface area contributed by atoms with Crippen LogP contribution in [-0.4, -0.2) is 9.78 Å². The molecule has 0 radical (unpaired) electrons. The van der Waals surface area contributed by atoms with Gasteiger partial charge in [-0.2, -0.15) is 5.10 Å². The summed E-state index contributed by atoms with van der Waals surface area (Å²) >= 11 is 3.59. The van der Waals surface area contributed by atoms with Crippen LogP contribution in [0.3, 0.4) is 0 Å². The van der Waals surface area contributed by atoms with E-state index in [4.69, 9.17) is 5.84 Å². The van der Waals surface area contributed by atoms with E-state index in [9.17, 15) is 0 Å². The zero-order valence-electron chi connectivity index (χ0n) is 11.8. The second-order valence-corrected chi connectivity index (χ2v) is 5.90. The molecule has 0 amide bonds. The van der Waals surface area contributed by atoms with Gasteiger partial charge in [0.25, 0.3) is 0 Å². The quantitative estimate of drug-likeness (QED) is 0.564. The Labute approximate surface area is 132 Å². The third-order valence-corrected chi connectivity index (χ3v) is 4.47. The van der Waals surface area contributed by atoms with Crippen LogP contribution in [-0.2, 0) is 13.5 Å². The topological polar surface area (TPSA) is 55.9 Å².